The molecule has 17 heavy (non-hydrogen) atoms. The fraction of sp³-hybridized carbons (Fsp3) is 0.250. The molecule has 5 nitrogen and oxygen atoms in total. The molecule has 2 rings (SSSR count). The molecule has 0 aliphatic heterocycles. The second-order valence-corrected chi connectivity index (χ2v) is 3.78. The van der Waals surface area contributed by atoms with Gasteiger partial charge in [-0.2, -0.15) is 5.26 Å². The first-order valence-corrected chi connectivity index (χ1v) is 5.22. The molecule has 0 fully saturated rings. The molecule has 2 aromatic heterocycles. The van der Waals surface area contributed by atoms with E-state index in [0.29, 0.717) is 17.9 Å². The van der Waals surface area contributed by atoms with Gasteiger partial charge in [-0.1, -0.05) is 5.16 Å². The molecule has 0 saturated carbocycles. The van der Waals surface area contributed by atoms with Crippen molar-refractivity contribution in [2.75, 3.05) is 5.32 Å². The molecule has 0 unspecified atom stereocenters. The number of nitriles is 1. The van der Waals surface area contributed by atoms with Crippen molar-refractivity contribution >= 4 is 5.82 Å². The highest BCUT2D eigenvalue weighted by Gasteiger charge is 2.02. The lowest BCUT2D eigenvalue weighted by molar-refractivity contribution is 0.391. The summed E-state index contributed by atoms with van der Waals surface area (Å²) in [5.41, 5.74) is 2.21. The Morgan fingerprint density at radius 2 is 2.18 bits per heavy atom. The van der Waals surface area contributed by atoms with E-state index in [1.54, 1.807) is 12.1 Å². The van der Waals surface area contributed by atoms with Gasteiger partial charge in [0, 0.05) is 11.8 Å². The van der Waals surface area contributed by atoms with Crippen molar-refractivity contribution in [3.8, 4) is 6.07 Å². The van der Waals surface area contributed by atoms with Gasteiger partial charge in [0.2, 0.25) is 0 Å². The molecule has 0 aliphatic rings. The van der Waals surface area contributed by atoms with Gasteiger partial charge in [0.25, 0.3) is 0 Å². The number of aryl methyl sites for hydroxylation is 2. The number of anilines is 1. The van der Waals surface area contributed by atoms with Gasteiger partial charge in [-0.15, -0.1) is 0 Å². The third kappa shape index (κ3) is 2.82. The van der Waals surface area contributed by atoms with Gasteiger partial charge in [0.05, 0.1) is 18.2 Å². The molecule has 0 amide bonds. The lowest BCUT2D eigenvalue weighted by atomic mass is 10.2. The summed E-state index contributed by atoms with van der Waals surface area (Å²) in [6.07, 6.45) is 0. The number of nitrogens with zero attached hydrogens (tertiary/aromatic N) is 3. The zero-order valence-corrected chi connectivity index (χ0v) is 9.69. The standard InChI is InChI=1S/C12H12N4O/c1-8-3-10(6-13)5-12(15-8)14-7-11-4-9(2)17-16-11/h3-5H,7H2,1-2H3,(H,14,15). The van der Waals surface area contributed by atoms with Crippen molar-refractivity contribution in [1.29, 1.82) is 5.26 Å². The fourth-order valence-electron chi connectivity index (χ4n) is 1.51. The molecule has 0 bridgehead atoms. The maximum Gasteiger partial charge on any atom is 0.133 e. The average Bonchev–Trinajstić information content (AvgIpc) is 2.72. The van der Waals surface area contributed by atoms with Gasteiger partial charge in [-0.3, -0.25) is 0 Å². The Labute approximate surface area is 99.1 Å². The average molecular weight is 228 g/mol. The topological polar surface area (TPSA) is 74.7 Å². The SMILES string of the molecule is Cc1cc(C#N)cc(NCc2cc(C)on2)n1. The smallest absolute Gasteiger partial charge is 0.133 e. The van der Waals surface area contributed by atoms with Crippen LogP contribution in [0.15, 0.2) is 22.7 Å². The van der Waals surface area contributed by atoms with Crippen molar-refractivity contribution in [3.05, 3.63) is 40.9 Å². The quantitative estimate of drug-likeness (QED) is 0.871. The molecule has 5 heteroatoms. The fourth-order valence-corrected chi connectivity index (χ4v) is 1.51. The molecule has 0 aromatic carbocycles. The molecule has 2 heterocycles. The van der Waals surface area contributed by atoms with Crippen molar-refractivity contribution in [3.63, 3.8) is 0 Å². The molecule has 1 N–H and O–H groups in total. The molecule has 0 spiro atoms. The van der Waals surface area contributed by atoms with Gasteiger partial charge in [-0.05, 0) is 26.0 Å². The van der Waals surface area contributed by atoms with Crippen LogP contribution in [-0.2, 0) is 6.54 Å². The van der Waals surface area contributed by atoms with Gasteiger partial charge < -0.3 is 9.84 Å². The molecule has 0 aliphatic carbocycles. The summed E-state index contributed by atoms with van der Waals surface area (Å²) in [5, 5.41) is 15.8. The zero-order valence-electron chi connectivity index (χ0n) is 9.69. The number of hydrogen-bond donors (Lipinski definition) is 1. The Bertz CT molecular complexity index is 568. The largest absolute Gasteiger partial charge is 0.364 e. The highest BCUT2D eigenvalue weighted by Crippen LogP contribution is 2.11. The highest BCUT2D eigenvalue weighted by molar-refractivity contribution is 5.44. The molecular weight excluding hydrogens is 216 g/mol. The van der Waals surface area contributed by atoms with Crippen LogP contribution in [0.1, 0.15) is 22.7 Å². The maximum absolute atomic E-state index is 8.84. The van der Waals surface area contributed by atoms with Gasteiger partial charge in [-0.25, -0.2) is 4.98 Å². The summed E-state index contributed by atoms with van der Waals surface area (Å²) in [6.45, 7) is 4.22. The summed E-state index contributed by atoms with van der Waals surface area (Å²) >= 11 is 0. The molecular formula is C12H12N4O. The van der Waals surface area contributed by atoms with E-state index in [4.69, 9.17) is 9.78 Å². The van der Waals surface area contributed by atoms with Crippen molar-refractivity contribution in [2.24, 2.45) is 0 Å². The summed E-state index contributed by atoms with van der Waals surface area (Å²) in [7, 11) is 0. The van der Waals surface area contributed by atoms with E-state index in [2.05, 4.69) is 21.5 Å². The Kier molecular flexibility index (Phi) is 3.06. The van der Waals surface area contributed by atoms with E-state index in [0.717, 1.165) is 17.1 Å². The van der Waals surface area contributed by atoms with Gasteiger partial charge >= 0.3 is 0 Å². The van der Waals surface area contributed by atoms with Crippen LogP contribution in [-0.4, -0.2) is 10.1 Å². The number of rotatable bonds is 3. The predicted octanol–water partition coefficient (Wildman–Crippen LogP) is 2.17. The highest BCUT2D eigenvalue weighted by atomic mass is 16.5. The summed E-state index contributed by atoms with van der Waals surface area (Å²) in [5.74, 6) is 1.44. The predicted molar refractivity (Wildman–Crippen MR) is 62.3 cm³/mol. The summed E-state index contributed by atoms with van der Waals surface area (Å²) in [4.78, 5) is 4.28. The second-order valence-electron chi connectivity index (χ2n) is 3.78. The first-order chi connectivity index (χ1) is 8.17. The van der Waals surface area contributed by atoms with Gasteiger partial charge in [0.1, 0.15) is 17.3 Å². The first kappa shape index (κ1) is 11.1. The third-order valence-electron chi connectivity index (χ3n) is 2.21. The Morgan fingerprint density at radius 1 is 1.35 bits per heavy atom. The van der Waals surface area contributed by atoms with Crippen molar-refractivity contribution in [2.45, 2.75) is 20.4 Å². The summed E-state index contributed by atoms with van der Waals surface area (Å²) in [6, 6.07) is 7.40. The van der Waals surface area contributed by atoms with E-state index in [9.17, 15) is 0 Å². The monoisotopic (exact) mass is 228 g/mol. The van der Waals surface area contributed by atoms with Crippen molar-refractivity contribution in [1.82, 2.24) is 10.1 Å². The van der Waals surface area contributed by atoms with Crippen LogP contribution in [0.4, 0.5) is 5.82 Å². The van der Waals surface area contributed by atoms with E-state index in [1.807, 2.05) is 19.9 Å². The summed E-state index contributed by atoms with van der Waals surface area (Å²) < 4.78 is 4.96. The third-order valence-corrected chi connectivity index (χ3v) is 2.21. The van der Waals surface area contributed by atoms with E-state index >= 15 is 0 Å². The Balaban J connectivity index is 2.09. The second kappa shape index (κ2) is 4.66. The maximum atomic E-state index is 8.84. The Morgan fingerprint density at radius 3 is 2.82 bits per heavy atom. The molecule has 0 atom stereocenters. The van der Waals surface area contributed by atoms with Crippen LogP contribution in [0.2, 0.25) is 0 Å². The molecule has 0 saturated heterocycles. The molecule has 86 valence electrons. The lowest BCUT2D eigenvalue weighted by Gasteiger charge is -2.04. The van der Waals surface area contributed by atoms with Crippen LogP contribution in [0.25, 0.3) is 0 Å². The molecule has 2 aromatic rings. The normalized spacial score (nSPS) is 9.94. The van der Waals surface area contributed by atoms with Gasteiger partial charge in [0.15, 0.2) is 0 Å². The Hall–Kier alpha value is -2.35. The minimum Gasteiger partial charge on any atom is -0.364 e. The van der Waals surface area contributed by atoms with Crippen LogP contribution < -0.4 is 5.32 Å². The lowest BCUT2D eigenvalue weighted by Crippen LogP contribution is -2.02. The number of pyridine rings is 1. The molecule has 0 radical (unpaired) electrons. The van der Waals surface area contributed by atoms with E-state index in [-0.39, 0.29) is 0 Å². The van der Waals surface area contributed by atoms with Crippen LogP contribution in [0.5, 0.6) is 0 Å². The zero-order chi connectivity index (χ0) is 12.3. The minimum atomic E-state index is 0.526. The van der Waals surface area contributed by atoms with Crippen LogP contribution >= 0.6 is 0 Å². The van der Waals surface area contributed by atoms with E-state index in [1.165, 1.54) is 0 Å². The first-order valence-electron chi connectivity index (χ1n) is 5.22. The van der Waals surface area contributed by atoms with Crippen molar-refractivity contribution < 1.29 is 4.52 Å². The van der Waals surface area contributed by atoms with Crippen LogP contribution in [0, 0.1) is 25.2 Å². The van der Waals surface area contributed by atoms with E-state index < -0.39 is 0 Å². The number of nitrogens with one attached hydrogen (secondary N) is 1. The van der Waals surface area contributed by atoms with Crippen LogP contribution in [0.3, 0.4) is 0 Å². The minimum absolute atomic E-state index is 0.526. The number of aromatic nitrogens is 2. The number of hydrogen-bond acceptors (Lipinski definition) is 5.